The molecule has 3 aromatic rings. The van der Waals surface area contributed by atoms with Gasteiger partial charge in [-0.2, -0.15) is 0 Å². The van der Waals surface area contributed by atoms with Crippen LogP contribution in [0.2, 0.25) is 0 Å². The van der Waals surface area contributed by atoms with Crippen molar-refractivity contribution in [3.8, 4) is 5.75 Å². The first-order valence-corrected chi connectivity index (χ1v) is 14.4. The van der Waals surface area contributed by atoms with E-state index in [9.17, 15) is 22.4 Å². The molecule has 0 saturated heterocycles. The fourth-order valence-electron chi connectivity index (χ4n) is 3.98. The Balaban J connectivity index is 2.01. The second kappa shape index (κ2) is 13.4. The number of benzene rings is 3. The lowest BCUT2D eigenvalue weighted by Gasteiger charge is -2.32. The minimum absolute atomic E-state index is 0.0164. The van der Waals surface area contributed by atoms with Crippen LogP contribution in [-0.2, 0) is 26.2 Å². The molecule has 0 heterocycles. The zero-order chi connectivity index (χ0) is 29.4. The van der Waals surface area contributed by atoms with Gasteiger partial charge in [0.05, 0.1) is 17.7 Å². The van der Waals surface area contributed by atoms with Gasteiger partial charge in [0.1, 0.15) is 24.2 Å². The molecule has 3 rings (SSSR count). The van der Waals surface area contributed by atoms with Crippen molar-refractivity contribution < 1.29 is 27.1 Å². The number of hydrogen-bond donors (Lipinski definition) is 1. The van der Waals surface area contributed by atoms with Gasteiger partial charge >= 0.3 is 0 Å². The number of anilines is 1. The monoisotopic (exact) mass is 569 g/mol. The summed E-state index contributed by atoms with van der Waals surface area (Å²) in [4.78, 5) is 28.3. The van der Waals surface area contributed by atoms with Crippen LogP contribution in [0.4, 0.5) is 10.1 Å². The van der Waals surface area contributed by atoms with Crippen LogP contribution < -0.4 is 14.4 Å². The molecule has 40 heavy (non-hydrogen) atoms. The van der Waals surface area contributed by atoms with Crippen LogP contribution in [0.15, 0.2) is 77.7 Å². The van der Waals surface area contributed by atoms with Crippen LogP contribution in [-0.4, -0.2) is 51.4 Å². The topological polar surface area (TPSA) is 96.0 Å². The predicted octanol–water partition coefficient (Wildman–Crippen LogP) is 4.53. The fraction of sp³-hybridized carbons (Fsp3) is 0.333. The van der Waals surface area contributed by atoms with Gasteiger partial charge in [0.2, 0.25) is 11.8 Å². The molecule has 0 aliphatic rings. The number of methoxy groups -OCH3 is 1. The van der Waals surface area contributed by atoms with Gasteiger partial charge < -0.3 is 15.0 Å². The zero-order valence-corrected chi connectivity index (χ0v) is 24.2. The molecule has 0 fully saturated rings. The van der Waals surface area contributed by atoms with Gasteiger partial charge in [0, 0.05) is 13.1 Å². The quantitative estimate of drug-likeness (QED) is 0.346. The van der Waals surface area contributed by atoms with E-state index in [1.807, 2.05) is 20.8 Å². The molecule has 0 aliphatic carbocycles. The third-order valence-corrected chi connectivity index (χ3v) is 8.13. The Morgan fingerprint density at radius 3 is 2.23 bits per heavy atom. The van der Waals surface area contributed by atoms with E-state index in [0.717, 1.165) is 22.0 Å². The lowest BCUT2D eigenvalue weighted by Crippen LogP contribution is -2.51. The smallest absolute Gasteiger partial charge is 0.264 e. The number of nitrogens with zero attached hydrogens (tertiary/aromatic N) is 2. The molecule has 1 atom stereocenters. The number of aryl methyl sites for hydroxylation is 1. The van der Waals surface area contributed by atoms with Crippen LogP contribution in [0.5, 0.6) is 5.75 Å². The third-order valence-electron chi connectivity index (χ3n) is 6.34. The Labute approximate surface area is 235 Å². The highest BCUT2D eigenvalue weighted by atomic mass is 32.2. The number of sulfonamides is 1. The summed E-state index contributed by atoms with van der Waals surface area (Å²) in [5.74, 6) is -0.725. The van der Waals surface area contributed by atoms with Crippen molar-refractivity contribution in [1.82, 2.24) is 10.2 Å². The number of ether oxygens (including phenoxy) is 1. The molecule has 0 aliphatic heterocycles. The molecular formula is C30H36FN3O5S. The summed E-state index contributed by atoms with van der Waals surface area (Å²) in [6.45, 7) is 7.21. The van der Waals surface area contributed by atoms with Gasteiger partial charge in [-0.05, 0) is 73.9 Å². The van der Waals surface area contributed by atoms with Crippen molar-refractivity contribution in [2.75, 3.05) is 24.5 Å². The van der Waals surface area contributed by atoms with E-state index in [4.69, 9.17) is 4.74 Å². The summed E-state index contributed by atoms with van der Waals surface area (Å²) in [6.07, 6.45) is 0. The van der Waals surface area contributed by atoms with E-state index < -0.39 is 34.3 Å². The van der Waals surface area contributed by atoms with Crippen molar-refractivity contribution in [2.24, 2.45) is 5.92 Å². The molecule has 214 valence electrons. The first-order chi connectivity index (χ1) is 18.9. The maximum absolute atomic E-state index is 13.9. The summed E-state index contributed by atoms with van der Waals surface area (Å²) in [5, 5.41) is 2.85. The second-order valence-corrected chi connectivity index (χ2v) is 11.9. The van der Waals surface area contributed by atoms with Gasteiger partial charge in [-0.1, -0.05) is 43.7 Å². The number of carbonyl (C=O) groups excluding carboxylic acids is 2. The van der Waals surface area contributed by atoms with E-state index in [1.54, 1.807) is 43.3 Å². The SMILES string of the molecule is COc1cccc(CN(C(=O)CN(c2ccc(F)cc2)S(=O)(=O)c2ccc(C)cc2)[C@H](C)C(=O)NCC(C)C)c1. The number of nitrogens with one attached hydrogen (secondary N) is 1. The second-order valence-electron chi connectivity index (χ2n) is 9.99. The van der Waals surface area contributed by atoms with Crippen LogP contribution >= 0.6 is 0 Å². The molecule has 0 unspecified atom stereocenters. The Morgan fingerprint density at radius 1 is 0.975 bits per heavy atom. The lowest BCUT2D eigenvalue weighted by atomic mass is 10.1. The number of halogens is 1. The first-order valence-electron chi connectivity index (χ1n) is 13.0. The summed E-state index contributed by atoms with van der Waals surface area (Å²) < 4.78 is 47.5. The van der Waals surface area contributed by atoms with Crippen LogP contribution in [0, 0.1) is 18.7 Å². The van der Waals surface area contributed by atoms with E-state index >= 15 is 0 Å². The molecule has 8 nitrogen and oxygen atoms in total. The number of hydrogen-bond acceptors (Lipinski definition) is 5. The summed E-state index contributed by atoms with van der Waals surface area (Å²) >= 11 is 0. The van der Waals surface area contributed by atoms with E-state index in [1.165, 1.54) is 36.3 Å². The Hall–Kier alpha value is -3.92. The Bertz CT molecular complexity index is 1410. The summed E-state index contributed by atoms with van der Waals surface area (Å²) in [6, 6.07) is 17.3. The maximum Gasteiger partial charge on any atom is 0.264 e. The molecule has 0 bridgehead atoms. The van der Waals surface area contributed by atoms with Gasteiger partial charge in [-0.25, -0.2) is 12.8 Å². The van der Waals surface area contributed by atoms with Gasteiger partial charge in [-0.15, -0.1) is 0 Å². The molecule has 0 saturated carbocycles. The third kappa shape index (κ3) is 7.81. The number of carbonyl (C=O) groups is 2. The van der Waals surface area contributed by atoms with E-state index in [0.29, 0.717) is 17.9 Å². The van der Waals surface area contributed by atoms with Crippen LogP contribution in [0.25, 0.3) is 0 Å². The standard InChI is InChI=1S/C30H36FN3O5S/c1-21(2)18-32-30(36)23(4)33(19-24-7-6-8-27(17-24)39-5)29(35)20-34(26-13-11-25(31)12-14-26)40(37,38)28-15-9-22(3)10-16-28/h6-17,21,23H,18-20H2,1-5H3,(H,32,36)/t23-/m1/s1. The predicted molar refractivity (Wildman–Crippen MR) is 153 cm³/mol. The summed E-state index contributed by atoms with van der Waals surface area (Å²) in [5.41, 5.74) is 1.69. The van der Waals surface area contributed by atoms with Gasteiger partial charge in [0.25, 0.3) is 10.0 Å². The van der Waals surface area contributed by atoms with Crippen molar-refractivity contribution in [1.29, 1.82) is 0 Å². The van der Waals surface area contributed by atoms with Crippen molar-refractivity contribution in [3.05, 3.63) is 89.7 Å². The van der Waals surface area contributed by atoms with E-state index in [2.05, 4.69) is 5.32 Å². The highest BCUT2D eigenvalue weighted by Gasteiger charge is 2.32. The highest BCUT2D eigenvalue weighted by Crippen LogP contribution is 2.25. The van der Waals surface area contributed by atoms with E-state index in [-0.39, 0.29) is 29.0 Å². The minimum Gasteiger partial charge on any atom is -0.497 e. The largest absolute Gasteiger partial charge is 0.497 e. The normalized spacial score (nSPS) is 12.1. The maximum atomic E-state index is 13.9. The van der Waals surface area contributed by atoms with Crippen molar-refractivity contribution in [2.45, 2.75) is 45.2 Å². The molecule has 10 heteroatoms. The molecule has 2 amide bonds. The average Bonchev–Trinajstić information content (AvgIpc) is 2.93. The average molecular weight is 570 g/mol. The lowest BCUT2D eigenvalue weighted by molar-refractivity contribution is -0.139. The first kappa shape index (κ1) is 30.6. The fourth-order valence-corrected chi connectivity index (χ4v) is 5.39. The Kier molecular flexibility index (Phi) is 10.3. The minimum atomic E-state index is -4.22. The number of rotatable bonds is 12. The zero-order valence-electron chi connectivity index (χ0n) is 23.4. The molecule has 0 aromatic heterocycles. The number of amides is 2. The Morgan fingerprint density at radius 2 is 1.62 bits per heavy atom. The molecular weight excluding hydrogens is 533 g/mol. The van der Waals surface area contributed by atoms with Crippen LogP contribution in [0.1, 0.15) is 31.9 Å². The molecule has 0 radical (unpaired) electrons. The van der Waals surface area contributed by atoms with Gasteiger partial charge in [0.15, 0.2) is 0 Å². The van der Waals surface area contributed by atoms with Crippen molar-refractivity contribution in [3.63, 3.8) is 0 Å². The van der Waals surface area contributed by atoms with Crippen molar-refractivity contribution >= 4 is 27.5 Å². The molecule has 3 aromatic carbocycles. The highest BCUT2D eigenvalue weighted by molar-refractivity contribution is 7.92. The van der Waals surface area contributed by atoms with Gasteiger partial charge in [-0.3, -0.25) is 13.9 Å². The van der Waals surface area contributed by atoms with Crippen LogP contribution in [0.3, 0.4) is 0 Å². The summed E-state index contributed by atoms with van der Waals surface area (Å²) in [7, 11) is -2.69. The molecule has 0 spiro atoms. The molecule has 1 N–H and O–H groups in total.